The van der Waals surface area contributed by atoms with Crippen LogP contribution in [0.1, 0.15) is 23.1 Å². The molecule has 1 fully saturated rings. The van der Waals surface area contributed by atoms with E-state index in [1.54, 1.807) is 11.3 Å². The van der Waals surface area contributed by atoms with E-state index >= 15 is 0 Å². The molecule has 1 aliphatic rings. The number of hydrogen-bond acceptors (Lipinski definition) is 4. The Kier molecular flexibility index (Phi) is 6.24. The summed E-state index contributed by atoms with van der Waals surface area (Å²) in [5.41, 5.74) is 4.59. The highest BCUT2D eigenvalue weighted by Gasteiger charge is 2.18. The number of nitrogens with zero attached hydrogens (tertiary/aromatic N) is 2. The minimum atomic E-state index is 0.0867. The Bertz CT molecular complexity index is 679. The van der Waals surface area contributed by atoms with Crippen molar-refractivity contribution in [2.75, 3.05) is 38.0 Å². The summed E-state index contributed by atoms with van der Waals surface area (Å²) < 4.78 is 0. The van der Waals surface area contributed by atoms with Gasteiger partial charge < -0.3 is 5.32 Å². The van der Waals surface area contributed by atoms with E-state index < -0.39 is 0 Å². The van der Waals surface area contributed by atoms with Gasteiger partial charge in [-0.05, 0) is 66.9 Å². The largest absolute Gasteiger partial charge is 0.324 e. The number of hydrogen-bond donors (Lipinski definition) is 1. The van der Waals surface area contributed by atoms with E-state index in [-0.39, 0.29) is 5.91 Å². The van der Waals surface area contributed by atoms with Crippen LogP contribution in [-0.2, 0) is 11.3 Å². The second-order valence-electron chi connectivity index (χ2n) is 6.85. The first-order chi connectivity index (χ1) is 12.1. The van der Waals surface area contributed by atoms with E-state index in [0.29, 0.717) is 6.54 Å². The zero-order valence-corrected chi connectivity index (χ0v) is 15.9. The van der Waals surface area contributed by atoms with Gasteiger partial charge in [0, 0.05) is 25.3 Å². The number of benzene rings is 1. The molecular formula is C20H27N3OS. The van der Waals surface area contributed by atoms with Crippen molar-refractivity contribution < 1.29 is 4.79 Å². The molecule has 0 saturated carbocycles. The van der Waals surface area contributed by atoms with E-state index in [9.17, 15) is 4.79 Å². The first-order valence-corrected chi connectivity index (χ1v) is 9.88. The minimum absolute atomic E-state index is 0.0867. The van der Waals surface area contributed by atoms with Crippen molar-refractivity contribution in [2.24, 2.45) is 0 Å². The maximum absolute atomic E-state index is 12.5. The predicted octanol–water partition coefficient (Wildman–Crippen LogP) is 3.51. The second kappa shape index (κ2) is 8.61. The molecule has 1 saturated heterocycles. The van der Waals surface area contributed by atoms with Crippen molar-refractivity contribution in [3.8, 4) is 0 Å². The van der Waals surface area contributed by atoms with Crippen LogP contribution in [0.5, 0.6) is 0 Å². The van der Waals surface area contributed by atoms with E-state index in [1.165, 1.54) is 5.56 Å². The van der Waals surface area contributed by atoms with E-state index in [2.05, 4.69) is 31.9 Å². The molecule has 2 heterocycles. The lowest BCUT2D eigenvalue weighted by Gasteiger charge is -2.21. The molecule has 1 amide bonds. The van der Waals surface area contributed by atoms with Crippen LogP contribution in [0.4, 0.5) is 5.69 Å². The molecule has 1 aromatic heterocycles. The zero-order valence-electron chi connectivity index (χ0n) is 15.1. The van der Waals surface area contributed by atoms with Gasteiger partial charge in [-0.3, -0.25) is 14.6 Å². The number of carbonyl (C=O) groups is 1. The van der Waals surface area contributed by atoms with E-state index in [4.69, 9.17) is 0 Å². The Morgan fingerprint density at radius 3 is 2.52 bits per heavy atom. The monoisotopic (exact) mass is 357 g/mol. The van der Waals surface area contributed by atoms with Crippen molar-refractivity contribution in [1.82, 2.24) is 9.80 Å². The molecule has 1 aliphatic heterocycles. The molecule has 0 unspecified atom stereocenters. The summed E-state index contributed by atoms with van der Waals surface area (Å²) in [7, 11) is 0. The third-order valence-corrected chi connectivity index (χ3v) is 5.51. The van der Waals surface area contributed by atoms with Gasteiger partial charge in [-0.25, -0.2) is 0 Å². The number of thiophene rings is 1. The predicted molar refractivity (Wildman–Crippen MR) is 105 cm³/mol. The van der Waals surface area contributed by atoms with Gasteiger partial charge in [0.05, 0.1) is 6.54 Å². The van der Waals surface area contributed by atoms with Crippen LogP contribution < -0.4 is 5.32 Å². The highest BCUT2D eigenvalue weighted by molar-refractivity contribution is 7.07. The molecule has 0 atom stereocenters. The Hall–Kier alpha value is -1.69. The number of carbonyl (C=O) groups excluding carboxylic acids is 1. The van der Waals surface area contributed by atoms with E-state index in [0.717, 1.165) is 56.0 Å². The molecule has 1 aromatic carbocycles. The third-order valence-electron chi connectivity index (χ3n) is 4.78. The molecule has 0 spiro atoms. The smallest absolute Gasteiger partial charge is 0.238 e. The fraction of sp³-hybridized carbons (Fsp3) is 0.450. The minimum Gasteiger partial charge on any atom is -0.324 e. The first kappa shape index (κ1) is 18.1. The standard InChI is InChI=1S/C20H27N3OS/c1-16-5-3-6-17(2)20(16)21-19(24)14-23-9-4-8-22(10-11-23)13-18-7-12-25-15-18/h3,5-7,12,15H,4,8-11,13-14H2,1-2H3,(H,21,24). The van der Waals surface area contributed by atoms with E-state index in [1.807, 2.05) is 32.0 Å². The maximum Gasteiger partial charge on any atom is 0.238 e. The quantitative estimate of drug-likeness (QED) is 0.889. The van der Waals surface area contributed by atoms with Crippen LogP contribution in [0.2, 0.25) is 0 Å². The van der Waals surface area contributed by atoms with Crippen LogP contribution in [0.25, 0.3) is 0 Å². The fourth-order valence-electron chi connectivity index (χ4n) is 3.38. The number of aryl methyl sites for hydroxylation is 2. The maximum atomic E-state index is 12.5. The van der Waals surface area contributed by atoms with Crippen LogP contribution in [0.3, 0.4) is 0 Å². The van der Waals surface area contributed by atoms with Gasteiger partial charge in [0.1, 0.15) is 0 Å². The third kappa shape index (κ3) is 5.14. The fourth-order valence-corrected chi connectivity index (χ4v) is 4.03. The van der Waals surface area contributed by atoms with Crippen molar-refractivity contribution in [2.45, 2.75) is 26.8 Å². The van der Waals surface area contributed by atoms with Crippen molar-refractivity contribution in [3.05, 3.63) is 51.7 Å². The normalized spacial score (nSPS) is 16.6. The molecule has 1 N–H and O–H groups in total. The molecule has 4 nitrogen and oxygen atoms in total. The summed E-state index contributed by atoms with van der Waals surface area (Å²) in [6.07, 6.45) is 1.11. The topological polar surface area (TPSA) is 35.6 Å². The summed E-state index contributed by atoms with van der Waals surface area (Å²) in [4.78, 5) is 17.2. The molecular weight excluding hydrogens is 330 g/mol. The van der Waals surface area contributed by atoms with Crippen molar-refractivity contribution in [1.29, 1.82) is 0 Å². The highest BCUT2D eigenvalue weighted by Crippen LogP contribution is 2.19. The number of nitrogens with one attached hydrogen (secondary N) is 1. The molecule has 0 bridgehead atoms. The molecule has 0 aliphatic carbocycles. The number of amides is 1. The van der Waals surface area contributed by atoms with Gasteiger partial charge in [-0.2, -0.15) is 11.3 Å². The lowest BCUT2D eigenvalue weighted by molar-refractivity contribution is -0.117. The van der Waals surface area contributed by atoms with Gasteiger partial charge in [0.2, 0.25) is 5.91 Å². The summed E-state index contributed by atoms with van der Waals surface area (Å²) in [5, 5.41) is 7.46. The summed E-state index contributed by atoms with van der Waals surface area (Å²) in [6, 6.07) is 8.30. The van der Waals surface area contributed by atoms with Crippen molar-refractivity contribution in [3.63, 3.8) is 0 Å². The van der Waals surface area contributed by atoms with Crippen molar-refractivity contribution >= 4 is 22.9 Å². The Morgan fingerprint density at radius 1 is 1.08 bits per heavy atom. The SMILES string of the molecule is Cc1cccc(C)c1NC(=O)CN1CCCN(Cc2ccsc2)CC1. The molecule has 3 rings (SSSR count). The van der Waals surface area contributed by atoms with Gasteiger partial charge in [-0.15, -0.1) is 0 Å². The second-order valence-corrected chi connectivity index (χ2v) is 7.63. The number of para-hydroxylation sites is 1. The summed E-state index contributed by atoms with van der Waals surface area (Å²) in [5.74, 6) is 0.0867. The first-order valence-electron chi connectivity index (χ1n) is 8.93. The molecule has 0 radical (unpaired) electrons. The number of rotatable bonds is 5. The summed E-state index contributed by atoms with van der Waals surface area (Å²) in [6.45, 7) is 9.63. The lowest BCUT2D eigenvalue weighted by Crippen LogP contribution is -2.36. The van der Waals surface area contributed by atoms with Gasteiger partial charge >= 0.3 is 0 Å². The average Bonchev–Trinajstić information content (AvgIpc) is 2.99. The van der Waals surface area contributed by atoms with Gasteiger partial charge in [0.25, 0.3) is 0 Å². The van der Waals surface area contributed by atoms with Gasteiger partial charge in [-0.1, -0.05) is 18.2 Å². The molecule has 25 heavy (non-hydrogen) atoms. The summed E-state index contributed by atoms with van der Waals surface area (Å²) >= 11 is 1.76. The Morgan fingerprint density at radius 2 is 1.80 bits per heavy atom. The Balaban J connectivity index is 1.50. The number of anilines is 1. The van der Waals surface area contributed by atoms with Crippen LogP contribution in [-0.4, -0.2) is 48.4 Å². The average molecular weight is 358 g/mol. The van der Waals surface area contributed by atoms with Crippen LogP contribution >= 0.6 is 11.3 Å². The van der Waals surface area contributed by atoms with Gasteiger partial charge in [0.15, 0.2) is 0 Å². The molecule has 2 aromatic rings. The Labute approximate surface area is 154 Å². The molecule has 5 heteroatoms. The van der Waals surface area contributed by atoms with Crippen LogP contribution in [0, 0.1) is 13.8 Å². The molecule has 134 valence electrons. The lowest BCUT2D eigenvalue weighted by atomic mass is 10.1. The van der Waals surface area contributed by atoms with Crippen LogP contribution in [0.15, 0.2) is 35.0 Å². The zero-order chi connectivity index (χ0) is 17.6. The highest BCUT2D eigenvalue weighted by atomic mass is 32.1.